The number of carbonyl (C=O) groups is 1. The predicted octanol–water partition coefficient (Wildman–Crippen LogP) is 0.609. The lowest BCUT2D eigenvalue weighted by atomic mass is 10.1. The molecule has 1 atom stereocenters. The SMILES string of the molecule is CC(NC(=O)CN1CCc2nn(C)c(=O)cc2C1)c1ccco1. The van der Waals surface area contributed by atoms with Gasteiger partial charge in [0.1, 0.15) is 5.76 Å². The molecule has 1 aliphatic rings. The average molecular weight is 316 g/mol. The third-order valence-electron chi connectivity index (χ3n) is 4.03. The maximum Gasteiger partial charge on any atom is 0.266 e. The van der Waals surface area contributed by atoms with Gasteiger partial charge in [-0.25, -0.2) is 4.68 Å². The van der Waals surface area contributed by atoms with E-state index in [1.165, 1.54) is 4.68 Å². The van der Waals surface area contributed by atoms with E-state index in [2.05, 4.69) is 10.4 Å². The highest BCUT2D eigenvalue weighted by molar-refractivity contribution is 5.78. The van der Waals surface area contributed by atoms with Crippen molar-refractivity contribution >= 4 is 5.91 Å². The summed E-state index contributed by atoms with van der Waals surface area (Å²) in [4.78, 5) is 25.9. The lowest BCUT2D eigenvalue weighted by molar-refractivity contribution is -0.123. The molecule has 1 unspecified atom stereocenters. The third-order valence-corrected chi connectivity index (χ3v) is 4.03. The summed E-state index contributed by atoms with van der Waals surface area (Å²) in [6.45, 7) is 3.50. The Balaban J connectivity index is 1.60. The smallest absolute Gasteiger partial charge is 0.266 e. The van der Waals surface area contributed by atoms with Crippen LogP contribution in [-0.2, 0) is 24.8 Å². The molecule has 1 amide bonds. The van der Waals surface area contributed by atoms with Crippen molar-refractivity contribution in [2.45, 2.75) is 25.9 Å². The molecule has 3 heterocycles. The molecule has 0 saturated carbocycles. The maximum atomic E-state index is 12.2. The summed E-state index contributed by atoms with van der Waals surface area (Å²) < 4.78 is 6.64. The first kappa shape index (κ1) is 15.5. The standard InChI is InChI=1S/C16H20N4O3/c1-11(14-4-3-7-23-14)17-15(21)10-20-6-5-13-12(9-20)8-16(22)19(2)18-13/h3-4,7-8,11H,5-6,9-10H2,1-2H3,(H,17,21). The van der Waals surface area contributed by atoms with Gasteiger partial charge in [-0.3, -0.25) is 14.5 Å². The molecule has 0 saturated heterocycles. The van der Waals surface area contributed by atoms with Crippen molar-refractivity contribution in [3.05, 3.63) is 51.8 Å². The van der Waals surface area contributed by atoms with Crippen molar-refractivity contribution in [2.75, 3.05) is 13.1 Å². The molecule has 7 nitrogen and oxygen atoms in total. The Hall–Kier alpha value is -2.41. The minimum absolute atomic E-state index is 0.0610. The molecule has 0 spiro atoms. The number of carbonyl (C=O) groups excluding carboxylic acids is 1. The number of nitrogens with one attached hydrogen (secondary N) is 1. The molecule has 2 aromatic heterocycles. The van der Waals surface area contributed by atoms with Gasteiger partial charge in [0.2, 0.25) is 5.91 Å². The highest BCUT2D eigenvalue weighted by Crippen LogP contribution is 2.15. The number of rotatable bonds is 4. The van der Waals surface area contributed by atoms with Crippen LogP contribution in [0.15, 0.2) is 33.7 Å². The lowest BCUT2D eigenvalue weighted by Crippen LogP contribution is -2.41. The fourth-order valence-electron chi connectivity index (χ4n) is 2.79. The van der Waals surface area contributed by atoms with Gasteiger partial charge in [-0.2, -0.15) is 5.10 Å². The molecule has 1 N–H and O–H groups in total. The van der Waals surface area contributed by atoms with Crippen molar-refractivity contribution in [2.24, 2.45) is 7.05 Å². The second kappa shape index (κ2) is 6.37. The number of amides is 1. The van der Waals surface area contributed by atoms with Crippen molar-refractivity contribution in [1.29, 1.82) is 0 Å². The highest BCUT2D eigenvalue weighted by atomic mass is 16.3. The van der Waals surface area contributed by atoms with Gasteiger partial charge >= 0.3 is 0 Å². The predicted molar refractivity (Wildman–Crippen MR) is 83.7 cm³/mol. The lowest BCUT2D eigenvalue weighted by Gasteiger charge is -2.27. The van der Waals surface area contributed by atoms with Crippen LogP contribution in [0.2, 0.25) is 0 Å². The molecular formula is C16H20N4O3. The zero-order valence-corrected chi connectivity index (χ0v) is 13.3. The number of hydrogen-bond acceptors (Lipinski definition) is 5. The number of fused-ring (bicyclic) bond motifs is 1. The Kier molecular flexibility index (Phi) is 4.29. The van der Waals surface area contributed by atoms with Crippen LogP contribution >= 0.6 is 0 Å². The quantitative estimate of drug-likeness (QED) is 0.894. The van der Waals surface area contributed by atoms with Gasteiger partial charge in [-0.15, -0.1) is 0 Å². The van der Waals surface area contributed by atoms with Crippen LogP contribution in [0.4, 0.5) is 0 Å². The summed E-state index contributed by atoms with van der Waals surface area (Å²) in [5.74, 6) is 0.671. The number of nitrogens with zero attached hydrogens (tertiary/aromatic N) is 3. The molecule has 7 heteroatoms. The average Bonchev–Trinajstić information content (AvgIpc) is 3.03. The zero-order chi connectivity index (χ0) is 16.4. The van der Waals surface area contributed by atoms with Crippen molar-refractivity contribution in [3.63, 3.8) is 0 Å². The summed E-state index contributed by atoms with van der Waals surface area (Å²) in [7, 11) is 1.65. The molecule has 0 bridgehead atoms. The first-order valence-corrected chi connectivity index (χ1v) is 7.64. The molecule has 1 aliphatic heterocycles. The first-order chi connectivity index (χ1) is 11.0. The first-order valence-electron chi connectivity index (χ1n) is 7.64. The Morgan fingerprint density at radius 1 is 1.52 bits per heavy atom. The van der Waals surface area contributed by atoms with Crippen molar-refractivity contribution < 1.29 is 9.21 Å². The van der Waals surface area contributed by atoms with Crippen molar-refractivity contribution in [1.82, 2.24) is 20.0 Å². The minimum atomic E-state index is -0.163. The van der Waals surface area contributed by atoms with E-state index in [0.29, 0.717) is 13.1 Å². The number of furan rings is 1. The van der Waals surface area contributed by atoms with Crippen LogP contribution in [0, 0.1) is 0 Å². The molecule has 0 radical (unpaired) electrons. The molecule has 0 aliphatic carbocycles. The van der Waals surface area contributed by atoms with Crippen LogP contribution < -0.4 is 10.9 Å². The van der Waals surface area contributed by atoms with Gasteiger partial charge in [0.05, 0.1) is 24.5 Å². The molecule has 3 rings (SSSR count). The van der Waals surface area contributed by atoms with Gasteiger partial charge in [0, 0.05) is 32.6 Å². The van der Waals surface area contributed by atoms with E-state index in [9.17, 15) is 9.59 Å². The summed E-state index contributed by atoms with van der Waals surface area (Å²) >= 11 is 0. The van der Waals surface area contributed by atoms with Gasteiger partial charge in [0.25, 0.3) is 5.56 Å². The molecule has 0 fully saturated rings. The van der Waals surface area contributed by atoms with E-state index in [1.807, 2.05) is 17.9 Å². The molecule has 23 heavy (non-hydrogen) atoms. The van der Waals surface area contributed by atoms with E-state index in [0.717, 1.165) is 30.0 Å². The number of aromatic nitrogens is 2. The largest absolute Gasteiger partial charge is 0.467 e. The Morgan fingerprint density at radius 3 is 3.09 bits per heavy atom. The second-order valence-corrected chi connectivity index (χ2v) is 5.84. The third kappa shape index (κ3) is 3.50. The fraction of sp³-hybridized carbons (Fsp3) is 0.438. The topological polar surface area (TPSA) is 80.4 Å². The van der Waals surface area contributed by atoms with Gasteiger partial charge in [-0.1, -0.05) is 0 Å². The number of aryl methyl sites for hydroxylation is 1. The maximum absolute atomic E-state index is 12.2. The van der Waals surface area contributed by atoms with Crippen LogP contribution in [0.1, 0.15) is 30.0 Å². The van der Waals surface area contributed by atoms with Gasteiger partial charge < -0.3 is 9.73 Å². The van der Waals surface area contributed by atoms with Crippen LogP contribution in [0.5, 0.6) is 0 Å². The van der Waals surface area contributed by atoms with E-state index in [-0.39, 0.29) is 17.5 Å². The normalized spacial score (nSPS) is 15.9. The summed E-state index contributed by atoms with van der Waals surface area (Å²) in [6, 6.07) is 5.08. The molecular weight excluding hydrogens is 296 g/mol. The molecule has 2 aromatic rings. The van der Waals surface area contributed by atoms with E-state index < -0.39 is 0 Å². The Labute approximate surface area is 133 Å². The summed E-state index contributed by atoms with van der Waals surface area (Å²) in [5, 5.41) is 7.19. The summed E-state index contributed by atoms with van der Waals surface area (Å²) in [6.07, 6.45) is 2.33. The number of hydrogen-bond donors (Lipinski definition) is 1. The van der Waals surface area contributed by atoms with Crippen LogP contribution in [0.3, 0.4) is 0 Å². The zero-order valence-electron chi connectivity index (χ0n) is 13.3. The van der Waals surface area contributed by atoms with Gasteiger partial charge in [-0.05, 0) is 24.6 Å². The Morgan fingerprint density at radius 2 is 2.35 bits per heavy atom. The van der Waals surface area contributed by atoms with Crippen LogP contribution in [-0.4, -0.2) is 33.7 Å². The minimum Gasteiger partial charge on any atom is -0.467 e. The second-order valence-electron chi connectivity index (χ2n) is 5.84. The monoisotopic (exact) mass is 316 g/mol. The molecule has 122 valence electrons. The highest BCUT2D eigenvalue weighted by Gasteiger charge is 2.21. The van der Waals surface area contributed by atoms with Crippen molar-refractivity contribution in [3.8, 4) is 0 Å². The fourth-order valence-corrected chi connectivity index (χ4v) is 2.79. The molecule has 0 aromatic carbocycles. The summed E-state index contributed by atoms with van der Waals surface area (Å²) in [5.41, 5.74) is 1.72. The van der Waals surface area contributed by atoms with Crippen LogP contribution in [0.25, 0.3) is 0 Å². The van der Waals surface area contributed by atoms with E-state index >= 15 is 0 Å². The Bertz CT molecular complexity index is 751. The van der Waals surface area contributed by atoms with E-state index in [4.69, 9.17) is 4.42 Å². The van der Waals surface area contributed by atoms with E-state index in [1.54, 1.807) is 25.4 Å². The van der Waals surface area contributed by atoms with Gasteiger partial charge in [0.15, 0.2) is 0 Å².